The minimum Gasteiger partial charge on any atom is -0.384 e. The minimum absolute atomic E-state index is 0.520. The van der Waals surface area contributed by atoms with Gasteiger partial charge in [0.2, 0.25) is 0 Å². The Kier molecular flexibility index (Phi) is 3.96. The van der Waals surface area contributed by atoms with Gasteiger partial charge in [-0.1, -0.05) is 29.8 Å². The molecular weight excluding hydrogens is 236 g/mol. The van der Waals surface area contributed by atoms with Gasteiger partial charge < -0.3 is 10.5 Å². The standard InChI is InChI=1S/C13H13ClN2O/c14-12-4-1-10(2-5-12)8-17-9-11-3-6-13(15)16-7-11/h1-7H,8-9H2,(H2,15,16). The third kappa shape index (κ3) is 3.73. The first-order valence-corrected chi connectivity index (χ1v) is 5.64. The molecule has 17 heavy (non-hydrogen) atoms. The molecule has 2 aromatic rings. The summed E-state index contributed by atoms with van der Waals surface area (Å²) in [7, 11) is 0. The van der Waals surface area contributed by atoms with Crippen LogP contribution in [0.15, 0.2) is 42.6 Å². The maximum atomic E-state index is 5.80. The molecule has 0 aliphatic carbocycles. The molecule has 0 aliphatic heterocycles. The normalized spacial score (nSPS) is 10.4. The number of halogens is 1. The van der Waals surface area contributed by atoms with E-state index in [1.165, 1.54) is 0 Å². The molecule has 0 aliphatic rings. The van der Waals surface area contributed by atoms with E-state index < -0.39 is 0 Å². The van der Waals surface area contributed by atoms with Crippen molar-refractivity contribution in [1.29, 1.82) is 0 Å². The average Bonchev–Trinajstić information content (AvgIpc) is 2.34. The van der Waals surface area contributed by atoms with E-state index in [1.807, 2.05) is 30.3 Å². The van der Waals surface area contributed by atoms with Crippen LogP contribution in [-0.2, 0) is 18.0 Å². The number of ether oxygens (including phenoxy) is 1. The lowest BCUT2D eigenvalue weighted by Crippen LogP contribution is -1.96. The number of nitrogen functional groups attached to an aromatic ring is 1. The highest BCUT2D eigenvalue weighted by molar-refractivity contribution is 6.30. The second-order valence-electron chi connectivity index (χ2n) is 3.71. The number of pyridine rings is 1. The molecule has 0 radical (unpaired) electrons. The van der Waals surface area contributed by atoms with Crippen LogP contribution in [0.5, 0.6) is 0 Å². The summed E-state index contributed by atoms with van der Waals surface area (Å²) in [6.07, 6.45) is 1.72. The molecule has 1 heterocycles. The molecular formula is C13H13ClN2O. The molecule has 0 spiro atoms. The Morgan fingerprint density at radius 3 is 2.29 bits per heavy atom. The predicted octanol–water partition coefficient (Wildman–Crippen LogP) is 3.03. The van der Waals surface area contributed by atoms with Crippen molar-refractivity contribution in [2.75, 3.05) is 5.73 Å². The number of anilines is 1. The van der Waals surface area contributed by atoms with Crippen LogP contribution < -0.4 is 5.73 Å². The maximum absolute atomic E-state index is 5.80. The third-order valence-electron chi connectivity index (χ3n) is 2.30. The van der Waals surface area contributed by atoms with Gasteiger partial charge in [0, 0.05) is 11.2 Å². The smallest absolute Gasteiger partial charge is 0.123 e. The molecule has 0 unspecified atom stereocenters. The fourth-order valence-corrected chi connectivity index (χ4v) is 1.51. The van der Waals surface area contributed by atoms with Crippen molar-refractivity contribution in [3.05, 3.63) is 58.7 Å². The number of hydrogen-bond donors (Lipinski definition) is 1. The molecule has 2 N–H and O–H groups in total. The van der Waals surface area contributed by atoms with Crippen molar-refractivity contribution in [2.45, 2.75) is 13.2 Å². The Hall–Kier alpha value is -1.58. The van der Waals surface area contributed by atoms with Gasteiger partial charge in [-0.05, 0) is 29.3 Å². The Balaban J connectivity index is 1.83. The van der Waals surface area contributed by atoms with Crippen LogP contribution in [0, 0.1) is 0 Å². The summed E-state index contributed by atoms with van der Waals surface area (Å²) in [4.78, 5) is 4.00. The first kappa shape index (κ1) is 11.9. The molecule has 1 aromatic heterocycles. The highest BCUT2D eigenvalue weighted by Crippen LogP contribution is 2.11. The maximum Gasteiger partial charge on any atom is 0.123 e. The monoisotopic (exact) mass is 248 g/mol. The molecule has 1 aromatic carbocycles. The molecule has 3 nitrogen and oxygen atoms in total. The molecule has 0 bridgehead atoms. The first-order chi connectivity index (χ1) is 8.24. The minimum atomic E-state index is 0.520. The average molecular weight is 249 g/mol. The highest BCUT2D eigenvalue weighted by atomic mass is 35.5. The lowest BCUT2D eigenvalue weighted by Gasteiger charge is -2.04. The summed E-state index contributed by atoms with van der Waals surface area (Å²) in [5.74, 6) is 0.520. The number of nitrogens with zero attached hydrogens (tertiary/aromatic N) is 1. The van der Waals surface area contributed by atoms with Crippen LogP contribution in [0.3, 0.4) is 0 Å². The Morgan fingerprint density at radius 2 is 1.65 bits per heavy atom. The molecule has 0 atom stereocenters. The van der Waals surface area contributed by atoms with E-state index in [1.54, 1.807) is 12.3 Å². The number of aromatic nitrogens is 1. The van der Waals surface area contributed by atoms with Crippen LogP contribution in [0.4, 0.5) is 5.82 Å². The summed E-state index contributed by atoms with van der Waals surface area (Å²) >= 11 is 5.80. The lowest BCUT2D eigenvalue weighted by atomic mass is 10.2. The summed E-state index contributed by atoms with van der Waals surface area (Å²) in [6, 6.07) is 11.3. The molecule has 0 saturated heterocycles. The van der Waals surface area contributed by atoms with Gasteiger partial charge in [0.05, 0.1) is 13.2 Å². The van der Waals surface area contributed by atoms with Gasteiger partial charge in [-0.25, -0.2) is 4.98 Å². The SMILES string of the molecule is Nc1ccc(COCc2ccc(Cl)cc2)cn1. The van der Waals surface area contributed by atoms with E-state index in [0.717, 1.165) is 16.1 Å². The van der Waals surface area contributed by atoms with Gasteiger partial charge in [-0.3, -0.25) is 0 Å². The number of rotatable bonds is 4. The van der Waals surface area contributed by atoms with Crippen molar-refractivity contribution in [2.24, 2.45) is 0 Å². The van der Waals surface area contributed by atoms with Crippen LogP contribution in [-0.4, -0.2) is 4.98 Å². The fraction of sp³-hybridized carbons (Fsp3) is 0.154. The second kappa shape index (κ2) is 5.66. The lowest BCUT2D eigenvalue weighted by molar-refractivity contribution is 0.107. The highest BCUT2D eigenvalue weighted by Gasteiger charge is 1.96. The van der Waals surface area contributed by atoms with E-state index in [4.69, 9.17) is 22.1 Å². The van der Waals surface area contributed by atoms with E-state index in [0.29, 0.717) is 19.0 Å². The van der Waals surface area contributed by atoms with E-state index in [9.17, 15) is 0 Å². The predicted molar refractivity (Wildman–Crippen MR) is 68.6 cm³/mol. The zero-order chi connectivity index (χ0) is 12.1. The van der Waals surface area contributed by atoms with E-state index in [2.05, 4.69) is 4.98 Å². The van der Waals surface area contributed by atoms with Crippen molar-refractivity contribution in [3.63, 3.8) is 0 Å². The Labute approximate surface area is 105 Å². The topological polar surface area (TPSA) is 48.1 Å². The summed E-state index contributed by atoms with van der Waals surface area (Å²) < 4.78 is 5.56. The zero-order valence-electron chi connectivity index (χ0n) is 9.27. The van der Waals surface area contributed by atoms with Crippen LogP contribution in [0.25, 0.3) is 0 Å². The summed E-state index contributed by atoms with van der Waals surface area (Å²) in [5, 5.41) is 0.733. The van der Waals surface area contributed by atoms with Gasteiger partial charge >= 0.3 is 0 Å². The Bertz CT molecular complexity index is 422. The van der Waals surface area contributed by atoms with Gasteiger partial charge in [0.25, 0.3) is 0 Å². The molecule has 2 rings (SSSR count). The third-order valence-corrected chi connectivity index (χ3v) is 2.55. The first-order valence-electron chi connectivity index (χ1n) is 5.26. The largest absolute Gasteiger partial charge is 0.384 e. The second-order valence-corrected chi connectivity index (χ2v) is 4.15. The van der Waals surface area contributed by atoms with Crippen LogP contribution in [0.2, 0.25) is 5.02 Å². The van der Waals surface area contributed by atoms with Crippen LogP contribution in [0.1, 0.15) is 11.1 Å². The van der Waals surface area contributed by atoms with Gasteiger partial charge in [0.1, 0.15) is 5.82 Å². The number of hydrogen-bond acceptors (Lipinski definition) is 3. The fourth-order valence-electron chi connectivity index (χ4n) is 1.39. The van der Waals surface area contributed by atoms with Gasteiger partial charge in [-0.2, -0.15) is 0 Å². The number of benzene rings is 1. The Morgan fingerprint density at radius 1 is 1.00 bits per heavy atom. The van der Waals surface area contributed by atoms with Gasteiger partial charge in [0.15, 0.2) is 0 Å². The molecule has 4 heteroatoms. The van der Waals surface area contributed by atoms with Crippen molar-refractivity contribution in [3.8, 4) is 0 Å². The van der Waals surface area contributed by atoms with Crippen molar-refractivity contribution < 1.29 is 4.74 Å². The van der Waals surface area contributed by atoms with Crippen molar-refractivity contribution in [1.82, 2.24) is 4.98 Å². The van der Waals surface area contributed by atoms with Gasteiger partial charge in [-0.15, -0.1) is 0 Å². The van der Waals surface area contributed by atoms with E-state index in [-0.39, 0.29) is 0 Å². The number of nitrogens with two attached hydrogens (primary N) is 1. The van der Waals surface area contributed by atoms with Crippen LogP contribution >= 0.6 is 11.6 Å². The quantitative estimate of drug-likeness (QED) is 0.905. The van der Waals surface area contributed by atoms with E-state index >= 15 is 0 Å². The molecule has 88 valence electrons. The summed E-state index contributed by atoms with van der Waals surface area (Å²) in [5.41, 5.74) is 7.60. The molecule has 0 saturated carbocycles. The molecule has 0 fully saturated rings. The summed E-state index contributed by atoms with van der Waals surface area (Å²) in [6.45, 7) is 1.08. The molecule has 0 amide bonds. The zero-order valence-corrected chi connectivity index (χ0v) is 10.0. The van der Waals surface area contributed by atoms with Crippen molar-refractivity contribution >= 4 is 17.4 Å².